The van der Waals surface area contributed by atoms with Crippen molar-refractivity contribution in [3.05, 3.63) is 22.7 Å². The van der Waals surface area contributed by atoms with Gasteiger partial charge < -0.3 is 5.73 Å². The van der Waals surface area contributed by atoms with Crippen molar-refractivity contribution in [2.75, 3.05) is 0 Å². The Balaban J connectivity index is 2.16. The maximum atomic E-state index is 6.15. The predicted octanol–water partition coefficient (Wildman–Crippen LogP) is 1.26. The third-order valence-electron chi connectivity index (χ3n) is 2.56. The number of nitrogens with zero attached hydrogens (tertiary/aromatic N) is 5. The largest absolute Gasteiger partial charge is 0.323 e. The Morgan fingerprint density at radius 3 is 2.82 bits per heavy atom. The van der Waals surface area contributed by atoms with Crippen LogP contribution in [-0.2, 0) is 6.42 Å². The van der Waals surface area contributed by atoms with Crippen LogP contribution in [-0.4, -0.2) is 24.4 Å². The van der Waals surface area contributed by atoms with Gasteiger partial charge in [0.1, 0.15) is 12.2 Å². The molecule has 1 unspecified atom stereocenters. The van der Waals surface area contributed by atoms with Gasteiger partial charge in [-0.05, 0) is 32.3 Å². The molecule has 0 spiro atoms. The zero-order chi connectivity index (χ0) is 12.4. The molecule has 0 aromatic carbocycles. The van der Waals surface area contributed by atoms with Crippen molar-refractivity contribution in [1.29, 1.82) is 0 Å². The van der Waals surface area contributed by atoms with E-state index < -0.39 is 0 Å². The van der Waals surface area contributed by atoms with Crippen LogP contribution in [0.2, 0.25) is 0 Å². The second kappa shape index (κ2) is 4.89. The Hall–Kier alpha value is -1.34. The van der Waals surface area contributed by atoms with Gasteiger partial charge in [-0.15, -0.1) is 5.10 Å². The second-order valence-electron chi connectivity index (χ2n) is 4.25. The highest BCUT2D eigenvalue weighted by Crippen LogP contribution is 2.21. The first-order valence-electron chi connectivity index (χ1n) is 5.52. The fraction of sp³-hybridized carbons (Fsp3) is 0.600. The number of hydrogen-bond donors (Lipinski definition) is 1. The summed E-state index contributed by atoms with van der Waals surface area (Å²) in [6.45, 7) is 6.07. The first-order valence-corrected chi connectivity index (χ1v) is 6.29. The predicted molar refractivity (Wildman–Crippen MR) is 65.7 cm³/mol. The zero-order valence-electron chi connectivity index (χ0n) is 10.2. The fourth-order valence-corrected chi connectivity index (χ4v) is 2.36. The molecule has 0 saturated heterocycles. The van der Waals surface area contributed by atoms with E-state index in [2.05, 4.69) is 33.5 Å². The van der Waals surface area contributed by atoms with E-state index in [4.69, 9.17) is 5.73 Å². The molecule has 6 nitrogen and oxygen atoms in total. The Bertz CT molecular complexity index is 488. The molecule has 2 aromatic rings. The van der Waals surface area contributed by atoms with Gasteiger partial charge in [0, 0.05) is 18.5 Å². The van der Waals surface area contributed by atoms with Crippen molar-refractivity contribution < 1.29 is 0 Å². The van der Waals surface area contributed by atoms with E-state index in [1.54, 1.807) is 6.33 Å². The lowest BCUT2D eigenvalue weighted by atomic mass is 10.1. The smallest absolute Gasteiger partial charge is 0.138 e. The first-order chi connectivity index (χ1) is 8.09. The Morgan fingerprint density at radius 2 is 2.24 bits per heavy atom. The lowest BCUT2D eigenvalue weighted by molar-refractivity contribution is 0.494. The van der Waals surface area contributed by atoms with Crippen LogP contribution in [0.1, 0.15) is 42.3 Å². The Morgan fingerprint density at radius 1 is 1.47 bits per heavy atom. The number of nitrogens with two attached hydrogens (primary N) is 1. The van der Waals surface area contributed by atoms with Gasteiger partial charge in [-0.1, -0.05) is 4.49 Å². The molecule has 92 valence electrons. The topological polar surface area (TPSA) is 82.5 Å². The fourth-order valence-electron chi connectivity index (χ4n) is 1.72. The highest BCUT2D eigenvalue weighted by Gasteiger charge is 2.17. The van der Waals surface area contributed by atoms with E-state index in [9.17, 15) is 0 Å². The second-order valence-corrected chi connectivity index (χ2v) is 5.03. The SMILES string of the molecule is Cc1nnsc1C(N)Cc1ncnn1C(C)C. The van der Waals surface area contributed by atoms with Gasteiger partial charge in [0.15, 0.2) is 0 Å². The molecule has 0 radical (unpaired) electrons. The maximum absolute atomic E-state index is 6.15. The molecule has 7 heteroatoms. The van der Waals surface area contributed by atoms with Gasteiger partial charge >= 0.3 is 0 Å². The van der Waals surface area contributed by atoms with Crippen molar-refractivity contribution in [1.82, 2.24) is 24.4 Å². The van der Waals surface area contributed by atoms with E-state index in [0.29, 0.717) is 12.5 Å². The summed E-state index contributed by atoms with van der Waals surface area (Å²) in [5.41, 5.74) is 7.05. The standard InChI is InChI=1S/C10H16N6S/c1-6(2)16-9(12-5-13-16)4-8(11)10-7(3)14-15-17-10/h5-6,8H,4,11H2,1-3H3. The lowest BCUT2D eigenvalue weighted by Crippen LogP contribution is -2.17. The minimum atomic E-state index is -0.114. The third kappa shape index (κ3) is 2.50. The number of aryl methyl sites for hydroxylation is 1. The highest BCUT2D eigenvalue weighted by molar-refractivity contribution is 7.05. The Kier molecular flexibility index (Phi) is 3.49. The monoisotopic (exact) mass is 252 g/mol. The average molecular weight is 252 g/mol. The molecule has 2 rings (SSSR count). The van der Waals surface area contributed by atoms with Crippen molar-refractivity contribution in [2.24, 2.45) is 5.73 Å². The number of hydrogen-bond acceptors (Lipinski definition) is 6. The molecule has 2 aromatic heterocycles. The zero-order valence-corrected chi connectivity index (χ0v) is 11.0. The molecule has 0 fully saturated rings. The third-order valence-corrected chi connectivity index (χ3v) is 3.52. The van der Waals surface area contributed by atoms with Crippen LogP contribution < -0.4 is 5.73 Å². The van der Waals surface area contributed by atoms with E-state index in [1.165, 1.54) is 11.5 Å². The van der Waals surface area contributed by atoms with Gasteiger partial charge in [0.05, 0.1) is 10.6 Å². The minimum Gasteiger partial charge on any atom is -0.323 e. The van der Waals surface area contributed by atoms with Crippen LogP contribution in [0.5, 0.6) is 0 Å². The Labute approximate surface area is 104 Å². The van der Waals surface area contributed by atoms with Crippen LogP contribution in [0, 0.1) is 6.92 Å². The molecule has 0 aliphatic heterocycles. The average Bonchev–Trinajstić information content (AvgIpc) is 2.86. The molecule has 2 heterocycles. The molecule has 1 atom stereocenters. The van der Waals surface area contributed by atoms with Gasteiger partial charge in [0.25, 0.3) is 0 Å². The number of rotatable bonds is 4. The summed E-state index contributed by atoms with van der Waals surface area (Å²) in [7, 11) is 0. The summed E-state index contributed by atoms with van der Waals surface area (Å²) in [4.78, 5) is 5.27. The summed E-state index contributed by atoms with van der Waals surface area (Å²) in [6, 6.07) is 0.178. The molecule has 0 aliphatic carbocycles. The van der Waals surface area contributed by atoms with Crippen LogP contribution >= 0.6 is 11.5 Å². The quantitative estimate of drug-likeness (QED) is 0.885. The van der Waals surface area contributed by atoms with Crippen molar-refractivity contribution in [2.45, 2.75) is 39.3 Å². The summed E-state index contributed by atoms with van der Waals surface area (Å²) < 4.78 is 5.79. The minimum absolute atomic E-state index is 0.114. The molecule has 2 N–H and O–H groups in total. The summed E-state index contributed by atoms with van der Waals surface area (Å²) in [6.07, 6.45) is 2.22. The van der Waals surface area contributed by atoms with E-state index in [0.717, 1.165) is 16.4 Å². The van der Waals surface area contributed by atoms with Crippen LogP contribution in [0.3, 0.4) is 0 Å². The lowest BCUT2D eigenvalue weighted by Gasteiger charge is -2.12. The van der Waals surface area contributed by atoms with E-state index in [1.807, 2.05) is 11.6 Å². The van der Waals surface area contributed by atoms with Crippen LogP contribution in [0.25, 0.3) is 0 Å². The molecule has 0 saturated carbocycles. The maximum Gasteiger partial charge on any atom is 0.138 e. The van der Waals surface area contributed by atoms with Crippen molar-refractivity contribution >= 4 is 11.5 Å². The van der Waals surface area contributed by atoms with Crippen LogP contribution in [0.4, 0.5) is 0 Å². The highest BCUT2D eigenvalue weighted by atomic mass is 32.1. The first kappa shape index (κ1) is 12.1. The molecular weight excluding hydrogens is 236 g/mol. The molecular formula is C10H16N6S. The van der Waals surface area contributed by atoms with Gasteiger partial charge in [0.2, 0.25) is 0 Å². The molecule has 17 heavy (non-hydrogen) atoms. The summed E-state index contributed by atoms with van der Waals surface area (Å²) >= 11 is 1.35. The summed E-state index contributed by atoms with van der Waals surface area (Å²) in [5.74, 6) is 0.903. The normalized spacial score (nSPS) is 13.2. The van der Waals surface area contributed by atoms with Gasteiger partial charge in [-0.3, -0.25) is 0 Å². The van der Waals surface area contributed by atoms with Gasteiger partial charge in [-0.2, -0.15) is 5.10 Å². The van der Waals surface area contributed by atoms with Crippen molar-refractivity contribution in [3.63, 3.8) is 0 Å². The summed E-state index contributed by atoms with van der Waals surface area (Å²) in [5, 5.41) is 8.16. The molecule has 0 bridgehead atoms. The van der Waals surface area contributed by atoms with Crippen LogP contribution in [0.15, 0.2) is 6.33 Å². The van der Waals surface area contributed by atoms with Crippen molar-refractivity contribution in [3.8, 4) is 0 Å². The van der Waals surface area contributed by atoms with E-state index >= 15 is 0 Å². The molecule has 0 amide bonds. The molecule has 0 aliphatic rings. The van der Waals surface area contributed by atoms with Gasteiger partial charge in [-0.25, -0.2) is 9.67 Å². The van der Waals surface area contributed by atoms with E-state index in [-0.39, 0.29) is 6.04 Å². The number of aromatic nitrogens is 5.